The molecule has 3 aromatic rings. The molecule has 2 saturated heterocycles. The predicted molar refractivity (Wildman–Crippen MR) is 179 cm³/mol. The number of carbonyl (C=O) groups excluding carboxylic acids is 3. The lowest BCUT2D eigenvalue weighted by molar-refractivity contribution is -0.150. The van der Waals surface area contributed by atoms with Gasteiger partial charge in [-0.25, -0.2) is 27.7 Å². The molecule has 0 spiro atoms. The average Bonchev–Trinajstić information content (AvgIpc) is 3.54. The Morgan fingerprint density at radius 3 is 2.63 bits per heavy atom. The highest BCUT2D eigenvalue weighted by atomic mass is 32.2. The third-order valence-electron chi connectivity index (χ3n) is 8.28. The van der Waals surface area contributed by atoms with Crippen molar-refractivity contribution in [3.8, 4) is 0 Å². The van der Waals surface area contributed by atoms with Gasteiger partial charge in [-0.1, -0.05) is 5.16 Å². The van der Waals surface area contributed by atoms with Crippen LogP contribution in [-0.2, 0) is 30.5 Å². The molecule has 5 heterocycles. The number of oxime groups is 1. The lowest BCUT2D eigenvalue weighted by Gasteiger charge is -2.49. The van der Waals surface area contributed by atoms with E-state index < -0.39 is 88.7 Å². The molecule has 0 radical (unpaired) electrons. The number of nitrogens with zero attached hydrogens (tertiary/aromatic N) is 5. The van der Waals surface area contributed by atoms with E-state index in [-0.39, 0.29) is 52.2 Å². The highest BCUT2D eigenvalue weighted by Crippen LogP contribution is 2.40. The second-order valence-electron chi connectivity index (χ2n) is 11.3. The van der Waals surface area contributed by atoms with E-state index in [1.165, 1.54) is 17.4 Å². The van der Waals surface area contributed by atoms with E-state index in [0.717, 1.165) is 44.8 Å². The number of hydrogen-bond donors (Lipinski definition) is 4. The molecular weight excluding hydrogens is 722 g/mol. The van der Waals surface area contributed by atoms with Gasteiger partial charge in [0, 0.05) is 49.1 Å². The minimum absolute atomic E-state index is 0.00238. The highest BCUT2D eigenvalue weighted by Gasteiger charge is 2.54. The fourth-order valence-electron chi connectivity index (χ4n) is 5.99. The number of fused-ring (bicyclic) bond motifs is 2. The SMILES string of the molecule is CO/N=C(/C(=O)N[C@@H]1C(=O)N2C(C(=O)O)=C(COC(=O)c3cn(CCF)c4c(F)c(N5CCNCC5)c(F)cc4c3=O)CS[C@H]12)c1csc(N)n1. The maximum atomic E-state index is 15.8. The number of carboxylic acid groups (broad SMARTS) is 1. The second kappa shape index (κ2) is 14.6. The summed E-state index contributed by atoms with van der Waals surface area (Å²) in [4.78, 5) is 76.3. The molecule has 3 aliphatic rings. The highest BCUT2D eigenvalue weighted by molar-refractivity contribution is 8.00. The summed E-state index contributed by atoms with van der Waals surface area (Å²) >= 11 is 2.12. The maximum absolute atomic E-state index is 15.8. The zero-order valence-corrected chi connectivity index (χ0v) is 28.2. The lowest BCUT2D eigenvalue weighted by Crippen LogP contribution is -2.71. The molecule has 2 aromatic heterocycles. The topological polar surface area (TPSA) is 211 Å². The number of thiazole rings is 1. The van der Waals surface area contributed by atoms with Gasteiger partial charge >= 0.3 is 11.9 Å². The number of benzene rings is 1. The molecule has 3 aliphatic heterocycles. The number of aromatic nitrogens is 2. The minimum atomic E-state index is -1.52. The van der Waals surface area contributed by atoms with E-state index in [1.54, 1.807) is 0 Å². The quantitative estimate of drug-likeness (QED) is 0.0919. The predicted octanol–water partition coefficient (Wildman–Crippen LogP) is 0.644. The normalized spacial score (nSPS) is 19.1. The van der Waals surface area contributed by atoms with Crippen molar-refractivity contribution in [2.75, 3.05) is 63.0 Å². The fraction of sp³-hybridized carbons (Fsp3) is 0.367. The number of pyridine rings is 1. The number of nitrogen functional groups attached to an aromatic ring is 1. The van der Waals surface area contributed by atoms with Gasteiger partial charge in [0.2, 0.25) is 5.43 Å². The van der Waals surface area contributed by atoms with Crippen LogP contribution in [0.3, 0.4) is 0 Å². The molecule has 270 valence electrons. The molecule has 2 fully saturated rings. The number of alkyl halides is 1. The molecular formula is C30H29F3N8O8S2. The number of anilines is 2. The van der Waals surface area contributed by atoms with Crippen LogP contribution in [0.4, 0.5) is 24.0 Å². The van der Waals surface area contributed by atoms with Crippen molar-refractivity contribution in [1.82, 2.24) is 25.1 Å². The van der Waals surface area contributed by atoms with Crippen LogP contribution in [0.1, 0.15) is 16.1 Å². The Morgan fingerprint density at radius 1 is 1.24 bits per heavy atom. The summed E-state index contributed by atoms with van der Waals surface area (Å²) in [6.07, 6.45) is 0.917. The third kappa shape index (κ3) is 6.58. The van der Waals surface area contributed by atoms with E-state index in [2.05, 4.69) is 20.8 Å². The average molecular weight is 751 g/mol. The summed E-state index contributed by atoms with van der Waals surface area (Å²) in [6, 6.07) is -0.355. The standard InChI is InChI=1S/C30H29F3N8O8S2/c1-48-38-19(17-12-51-30(34)36-17)25(43)37-20-26(44)41-21(28(45)46)13(11-50-27(20)41)10-49-29(47)15-9-40(5-2-31)22-14(24(15)42)8-16(32)23(18(22)33)39-6-3-35-4-7-39/h8-9,12,20,27,35H,2-7,10-11H2,1H3,(H2,34,36)(H,37,43)(H,45,46)/b38-19+/t20-,27-/m1/s1. The van der Waals surface area contributed by atoms with Gasteiger partial charge in [0.1, 0.15) is 60.3 Å². The molecule has 2 atom stereocenters. The first-order chi connectivity index (χ1) is 24.5. The summed E-state index contributed by atoms with van der Waals surface area (Å²) in [5.41, 5.74) is 2.50. The number of β-lactam (4-membered cyclic amide) rings is 1. The van der Waals surface area contributed by atoms with Gasteiger partial charge in [-0.15, -0.1) is 23.1 Å². The van der Waals surface area contributed by atoms with Crippen molar-refractivity contribution < 1.29 is 47.0 Å². The molecule has 0 saturated carbocycles. The van der Waals surface area contributed by atoms with Gasteiger partial charge in [0.25, 0.3) is 11.8 Å². The largest absolute Gasteiger partial charge is 0.477 e. The van der Waals surface area contributed by atoms with E-state index >= 15 is 8.78 Å². The number of hydrogen-bond acceptors (Lipinski definition) is 14. The number of esters is 1. The monoisotopic (exact) mass is 750 g/mol. The molecule has 0 bridgehead atoms. The van der Waals surface area contributed by atoms with Crippen LogP contribution in [-0.4, -0.2) is 113 Å². The van der Waals surface area contributed by atoms with Gasteiger partial charge in [0.05, 0.1) is 17.4 Å². The number of piperazine rings is 1. The van der Waals surface area contributed by atoms with Crippen LogP contribution in [0.15, 0.2) is 38.9 Å². The van der Waals surface area contributed by atoms with Crippen LogP contribution >= 0.6 is 23.1 Å². The van der Waals surface area contributed by atoms with Crippen molar-refractivity contribution in [2.24, 2.45) is 5.16 Å². The Balaban J connectivity index is 1.22. The summed E-state index contributed by atoms with van der Waals surface area (Å²) in [6.45, 7) is -0.649. The van der Waals surface area contributed by atoms with Crippen molar-refractivity contribution in [1.29, 1.82) is 0 Å². The van der Waals surface area contributed by atoms with Crippen molar-refractivity contribution in [3.05, 3.63) is 62.0 Å². The van der Waals surface area contributed by atoms with Gasteiger partial charge in [-0.05, 0) is 6.07 Å². The summed E-state index contributed by atoms with van der Waals surface area (Å²) in [5, 5.41) is 19.5. The Bertz CT molecular complexity index is 2070. The number of nitrogens with two attached hydrogens (primary N) is 1. The molecule has 2 amide bonds. The van der Waals surface area contributed by atoms with Crippen molar-refractivity contribution in [2.45, 2.75) is 18.0 Å². The number of carboxylic acids is 1. The molecule has 5 N–H and O–H groups in total. The first-order valence-electron chi connectivity index (χ1n) is 15.2. The van der Waals surface area contributed by atoms with Gasteiger partial charge < -0.3 is 40.5 Å². The summed E-state index contributed by atoms with van der Waals surface area (Å²) in [7, 11) is 1.21. The Morgan fingerprint density at radius 2 is 1.98 bits per heavy atom. The molecule has 16 nitrogen and oxygen atoms in total. The number of aliphatic carboxylic acids is 1. The minimum Gasteiger partial charge on any atom is -0.477 e. The number of carbonyl (C=O) groups is 4. The van der Waals surface area contributed by atoms with E-state index in [1.807, 2.05) is 0 Å². The Kier molecular flexibility index (Phi) is 10.2. The van der Waals surface area contributed by atoms with Crippen molar-refractivity contribution in [3.63, 3.8) is 0 Å². The maximum Gasteiger partial charge on any atom is 0.352 e. The van der Waals surface area contributed by atoms with Gasteiger partial charge in [0.15, 0.2) is 16.7 Å². The molecule has 0 unspecified atom stereocenters. The number of nitrogens with one attached hydrogen (secondary N) is 2. The number of ether oxygens (including phenoxy) is 1. The summed E-state index contributed by atoms with van der Waals surface area (Å²) < 4.78 is 51.0. The zero-order chi connectivity index (χ0) is 36.6. The van der Waals surface area contributed by atoms with Crippen LogP contribution in [0.25, 0.3) is 10.9 Å². The number of aryl methyl sites for hydroxylation is 1. The van der Waals surface area contributed by atoms with Crippen LogP contribution in [0.2, 0.25) is 0 Å². The Labute approximate surface area is 294 Å². The number of thioether (sulfide) groups is 1. The first kappa shape index (κ1) is 35.7. The molecule has 21 heteroatoms. The smallest absolute Gasteiger partial charge is 0.352 e. The van der Waals surface area contributed by atoms with Crippen LogP contribution in [0.5, 0.6) is 0 Å². The fourth-order valence-corrected chi connectivity index (χ4v) is 7.87. The van der Waals surface area contributed by atoms with E-state index in [0.29, 0.717) is 13.1 Å². The van der Waals surface area contributed by atoms with Crippen LogP contribution in [0, 0.1) is 11.6 Å². The number of rotatable bonds is 11. The Hall–Kier alpha value is -5.15. The van der Waals surface area contributed by atoms with E-state index in [9.17, 15) is 33.5 Å². The summed E-state index contributed by atoms with van der Waals surface area (Å²) in [5.74, 6) is -6.56. The van der Waals surface area contributed by atoms with Crippen LogP contribution < -0.4 is 26.7 Å². The lowest BCUT2D eigenvalue weighted by atomic mass is 10.0. The molecule has 6 rings (SSSR count). The molecule has 1 aromatic carbocycles. The molecule has 0 aliphatic carbocycles. The van der Waals surface area contributed by atoms with E-state index in [4.69, 9.17) is 15.3 Å². The van der Waals surface area contributed by atoms with Gasteiger partial charge in [-0.3, -0.25) is 19.3 Å². The van der Waals surface area contributed by atoms with Crippen molar-refractivity contribution >= 4 is 74.3 Å². The second-order valence-corrected chi connectivity index (χ2v) is 13.3. The van der Waals surface area contributed by atoms with Gasteiger partial charge in [-0.2, -0.15) is 0 Å². The first-order valence-corrected chi connectivity index (χ1v) is 17.2. The third-order valence-corrected chi connectivity index (χ3v) is 10.3. The zero-order valence-electron chi connectivity index (χ0n) is 26.6. The molecule has 51 heavy (non-hydrogen) atoms. The number of amides is 2. The number of halogens is 3.